The van der Waals surface area contributed by atoms with E-state index in [1.165, 1.54) is 6.07 Å². The molecule has 1 aliphatic rings. The second kappa shape index (κ2) is 7.15. The Morgan fingerprint density at radius 1 is 1.36 bits per heavy atom. The molecule has 0 spiro atoms. The van der Waals surface area contributed by atoms with Crippen molar-refractivity contribution in [3.05, 3.63) is 24.3 Å². The van der Waals surface area contributed by atoms with Gasteiger partial charge in [-0.15, -0.1) is 4.40 Å². The molecule has 1 amide bonds. The van der Waals surface area contributed by atoms with Crippen molar-refractivity contribution >= 4 is 38.5 Å². The molecule has 0 unspecified atom stereocenters. The molecule has 2 rings (SSSR count). The summed E-state index contributed by atoms with van der Waals surface area (Å²) in [6.07, 6.45) is 0.914. The molecule has 0 atom stereocenters. The minimum absolute atomic E-state index is 0.127. The average Bonchev–Trinajstić information content (AvgIpc) is 2.44. The quantitative estimate of drug-likeness (QED) is 0.856. The zero-order chi connectivity index (χ0) is 16.2. The molecule has 0 saturated heterocycles. The minimum Gasteiger partial charge on any atom is -0.355 e. The molecule has 120 valence electrons. The van der Waals surface area contributed by atoms with Crippen molar-refractivity contribution < 1.29 is 13.2 Å². The van der Waals surface area contributed by atoms with Crippen molar-refractivity contribution in [3.63, 3.8) is 0 Å². The van der Waals surface area contributed by atoms with Gasteiger partial charge < -0.3 is 10.6 Å². The van der Waals surface area contributed by atoms with Gasteiger partial charge >= 0.3 is 0 Å². The SMILES string of the molecule is CC(C)CCNC(=O)CSC1=NS(=O)(=O)c2ccccc2N1. The van der Waals surface area contributed by atoms with Crippen LogP contribution in [0.3, 0.4) is 0 Å². The van der Waals surface area contributed by atoms with Crippen LogP contribution in [-0.2, 0) is 14.8 Å². The van der Waals surface area contributed by atoms with Crippen molar-refractivity contribution in [1.82, 2.24) is 5.32 Å². The number of carbonyl (C=O) groups is 1. The molecule has 1 heterocycles. The summed E-state index contributed by atoms with van der Waals surface area (Å²) in [6, 6.07) is 6.56. The molecule has 1 aliphatic heterocycles. The van der Waals surface area contributed by atoms with Crippen LogP contribution in [0.2, 0.25) is 0 Å². The van der Waals surface area contributed by atoms with E-state index >= 15 is 0 Å². The van der Waals surface area contributed by atoms with Crippen LogP contribution < -0.4 is 10.6 Å². The highest BCUT2D eigenvalue weighted by atomic mass is 32.2. The van der Waals surface area contributed by atoms with Gasteiger partial charge in [-0.3, -0.25) is 4.79 Å². The second-order valence-electron chi connectivity index (χ2n) is 5.31. The molecule has 0 aliphatic carbocycles. The largest absolute Gasteiger partial charge is 0.355 e. The molecule has 0 saturated carbocycles. The van der Waals surface area contributed by atoms with E-state index in [-0.39, 0.29) is 21.7 Å². The van der Waals surface area contributed by atoms with Crippen molar-refractivity contribution in [1.29, 1.82) is 0 Å². The highest BCUT2D eigenvalue weighted by Crippen LogP contribution is 2.28. The van der Waals surface area contributed by atoms with Crippen LogP contribution in [0.4, 0.5) is 5.69 Å². The molecule has 0 fully saturated rings. The van der Waals surface area contributed by atoms with Gasteiger partial charge in [-0.2, -0.15) is 8.42 Å². The summed E-state index contributed by atoms with van der Waals surface area (Å²) in [5.74, 6) is 0.520. The number of nitrogens with one attached hydrogen (secondary N) is 2. The fourth-order valence-corrected chi connectivity index (χ4v) is 3.91. The molecule has 1 aromatic rings. The van der Waals surface area contributed by atoms with Crippen LogP contribution in [0.1, 0.15) is 20.3 Å². The minimum atomic E-state index is -3.69. The third kappa shape index (κ3) is 4.48. The number of rotatable bonds is 5. The Labute approximate surface area is 134 Å². The van der Waals surface area contributed by atoms with Gasteiger partial charge in [0.25, 0.3) is 10.0 Å². The van der Waals surface area contributed by atoms with Crippen molar-refractivity contribution in [2.45, 2.75) is 25.2 Å². The number of fused-ring (bicyclic) bond motifs is 1. The number of thioether (sulfide) groups is 1. The molecule has 2 N–H and O–H groups in total. The van der Waals surface area contributed by atoms with E-state index in [1.54, 1.807) is 18.2 Å². The Balaban J connectivity index is 1.92. The number of carbonyl (C=O) groups excluding carboxylic acids is 1. The van der Waals surface area contributed by atoms with Crippen molar-refractivity contribution in [3.8, 4) is 0 Å². The lowest BCUT2D eigenvalue weighted by Gasteiger charge is -2.17. The lowest BCUT2D eigenvalue weighted by molar-refractivity contribution is -0.118. The summed E-state index contributed by atoms with van der Waals surface area (Å²) >= 11 is 1.08. The number of hydrogen-bond donors (Lipinski definition) is 2. The molecule has 0 aromatic heterocycles. The molecule has 0 radical (unpaired) electrons. The number of benzene rings is 1. The van der Waals surface area contributed by atoms with Gasteiger partial charge in [-0.05, 0) is 24.5 Å². The van der Waals surface area contributed by atoms with Crippen LogP contribution >= 0.6 is 11.8 Å². The van der Waals surface area contributed by atoms with Crippen LogP contribution in [0.5, 0.6) is 0 Å². The maximum absolute atomic E-state index is 12.0. The van der Waals surface area contributed by atoms with Gasteiger partial charge in [0.15, 0.2) is 5.17 Å². The van der Waals surface area contributed by atoms with E-state index in [0.29, 0.717) is 18.2 Å². The van der Waals surface area contributed by atoms with Crippen LogP contribution in [0.15, 0.2) is 33.6 Å². The number of para-hydroxylation sites is 1. The fraction of sp³-hybridized carbons (Fsp3) is 0.429. The van der Waals surface area contributed by atoms with Crippen LogP contribution in [0, 0.1) is 5.92 Å². The summed E-state index contributed by atoms with van der Waals surface area (Å²) < 4.78 is 27.8. The first-order valence-corrected chi connectivity index (χ1v) is 9.41. The first kappa shape index (κ1) is 16.8. The Hall–Kier alpha value is -1.54. The molecule has 1 aromatic carbocycles. The summed E-state index contributed by atoms with van der Waals surface area (Å²) in [6.45, 7) is 4.80. The molecule has 6 nitrogen and oxygen atoms in total. The predicted octanol–water partition coefficient (Wildman–Crippen LogP) is 2.05. The zero-order valence-electron chi connectivity index (χ0n) is 12.5. The Morgan fingerprint density at radius 2 is 2.09 bits per heavy atom. The maximum atomic E-state index is 12.0. The van der Waals surface area contributed by atoms with Crippen LogP contribution in [0.25, 0.3) is 0 Å². The lowest BCUT2D eigenvalue weighted by Crippen LogP contribution is -2.28. The molecule has 0 bridgehead atoms. The van der Waals surface area contributed by atoms with Crippen LogP contribution in [-0.4, -0.2) is 31.8 Å². The van der Waals surface area contributed by atoms with E-state index in [1.807, 2.05) is 0 Å². The standard InChI is InChI=1S/C14H19N3O3S2/c1-10(2)7-8-15-13(18)9-21-14-16-11-5-3-4-6-12(11)22(19,20)17-14/h3-6,10H,7-9H2,1-2H3,(H,15,18)(H,16,17). The summed E-state index contributed by atoms with van der Waals surface area (Å²) in [5, 5.41) is 5.96. The summed E-state index contributed by atoms with van der Waals surface area (Å²) in [4.78, 5) is 11.9. The average molecular weight is 341 g/mol. The highest BCUT2D eigenvalue weighted by molar-refractivity contribution is 8.15. The third-order valence-corrected chi connectivity index (χ3v) is 5.32. The number of nitrogens with zero attached hydrogens (tertiary/aromatic N) is 1. The Morgan fingerprint density at radius 3 is 2.82 bits per heavy atom. The van der Waals surface area contributed by atoms with Crippen molar-refractivity contribution in [2.24, 2.45) is 10.3 Å². The van der Waals surface area contributed by atoms with E-state index in [9.17, 15) is 13.2 Å². The first-order valence-electron chi connectivity index (χ1n) is 6.99. The number of anilines is 1. The second-order valence-corrected chi connectivity index (χ2v) is 7.85. The molecular formula is C14H19N3O3S2. The molecule has 8 heteroatoms. The van der Waals surface area contributed by atoms with Gasteiger partial charge in [0.1, 0.15) is 4.90 Å². The van der Waals surface area contributed by atoms with Gasteiger partial charge in [0.05, 0.1) is 11.4 Å². The van der Waals surface area contributed by atoms with Gasteiger partial charge in [0, 0.05) is 6.54 Å². The topological polar surface area (TPSA) is 87.6 Å². The van der Waals surface area contributed by atoms with Crippen molar-refractivity contribution in [2.75, 3.05) is 17.6 Å². The zero-order valence-corrected chi connectivity index (χ0v) is 14.1. The third-order valence-electron chi connectivity index (χ3n) is 2.99. The molecular weight excluding hydrogens is 322 g/mol. The maximum Gasteiger partial charge on any atom is 0.286 e. The highest BCUT2D eigenvalue weighted by Gasteiger charge is 2.24. The number of sulfonamides is 1. The number of amides is 1. The lowest BCUT2D eigenvalue weighted by atomic mass is 10.1. The van der Waals surface area contributed by atoms with Gasteiger partial charge in [0.2, 0.25) is 5.91 Å². The normalized spacial score (nSPS) is 15.7. The summed E-state index contributed by atoms with van der Waals surface area (Å²) in [5.41, 5.74) is 0.486. The Bertz CT molecular complexity index is 684. The first-order chi connectivity index (χ1) is 10.4. The van der Waals surface area contributed by atoms with Gasteiger partial charge in [-0.25, -0.2) is 0 Å². The fourth-order valence-electron chi connectivity index (χ4n) is 1.84. The monoisotopic (exact) mass is 341 g/mol. The van der Waals surface area contributed by atoms with E-state index < -0.39 is 10.0 Å². The Kier molecular flexibility index (Phi) is 5.47. The smallest absolute Gasteiger partial charge is 0.286 e. The van der Waals surface area contributed by atoms with E-state index in [4.69, 9.17) is 0 Å². The van der Waals surface area contributed by atoms with Gasteiger partial charge in [-0.1, -0.05) is 37.7 Å². The number of amidine groups is 1. The summed E-state index contributed by atoms with van der Waals surface area (Å²) in [7, 11) is -3.69. The van der Waals surface area contributed by atoms with E-state index in [0.717, 1.165) is 18.2 Å². The molecule has 22 heavy (non-hydrogen) atoms. The number of hydrogen-bond acceptors (Lipinski definition) is 5. The van der Waals surface area contributed by atoms with E-state index in [2.05, 4.69) is 28.9 Å². The predicted molar refractivity (Wildman–Crippen MR) is 89.6 cm³/mol.